The first-order valence-electron chi connectivity index (χ1n) is 14.2. The Morgan fingerprint density at radius 1 is 0.974 bits per heavy atom. The molecule has 1 N–H and O–H groups in total. The largest absolute Gasteiger partial charge is 0.443 e. The van der Waals surface area contributed by atoms with Crippen LogP contribution < -0.4 is 9.62 Å². The van der Waals surface area contributed by atoms with Crippen molar-refractivity contribution in [3.05, 3.63) is 53.6 Å². The number of ether oxygens (including phenoxy) is 1. The van der Waals surface area contributed by atoms with Crippen molar-refractivity contribution in [3.8, 4) is 11.3 Å². The van der Waals surface area contributed by atoms with Crippen LogP contribution in [-0.2, 0) is 22.3 Å². The number of carbonyl (C=O) groups excluding carboxylic acids is 2. The van der Waals surface area contributed by atoms with Crippen LogP contribution in [0.2, 0.25) is 0 Å². The Balaban J connectivity index is 1.49. The lowest BCUT2D eigenvalue weighted by Crippen LogP contribution is -2.38. The standard InChI is InChI=1S/C31H37N3O4S/c1-31(2,3)38-30(36)34-18-17-33-26-19-21(29(35)32-39(37)22-14-15-22)13-16-23(26)27(20-9-5-4-6-10-20)28(33)24-11-7-8-12-25(24)34/h7-8,11-13,16,19-20,22H,4-6,9-10,14-15,17-18H2,1-3H3,(H,32,35). The van der Waals surface area contributed by atoms with Crippen LogP contribution in [0.15, 0.2) is 42.5 Å². The molecule has 3 aromatic rings. The van der Waals surface area contributed by atoms with E-state index in [1.165, 1.54) is 24.8 Å². The van der Waals surface area contributed by atoms with E-state index in [-0.39, 0.29) is 17.3 Å². The minimum atomic E-state index is -1.34. The highest BCUT2D eigenvalue weighted by atomic mass is 32.2. The maximum atomic E-state index is 13.4. The second-order valence-corrected chi connectivity index (χ2v) is 13.5. The molecule has 8 heteroatoms. The van der Waals surface area contributed by atoms with Gasteiger partial charge in [-0.25, -0.2) is 9.00 Å². The Morgan fingerprint density at radius 2 is 1.72 bits per heavy atom. The summed E-state index contributed by atoms with van der Waals surface area (Å²) in [5.41, 5.74) is 5.21. The number of nitrogens with one attached hydrogen (secondary N) is 1. The van der Waals surface area contributed by atoms with Gasteiger partial charge in [-0.2, -0.15) is 0 Å². The zero-order valence-electron chi connectivity index (χ0n) is 23.0. The number of anilines is 1. The van der Waals surface area contributed by atoms with Crippen LogP contribution in [0.5, 0.6) is 0 Å². The van der Waals surface area contributed by atoms with E-state index in [0.717, 1.165) is 53.5 Å². The first kappa shape index (κ1) is 26.1. The number of aromatic nitrogens is 1. The fourth-order valence-electron chi connectivity index (χ4n) is 6.10. The highest BCUT2D eigenvalue weighted by Gasteiger charge is 2.34. The van der Waals surface area contributed by atoms with Crippen LogP contribution in [0.3, 0.4) is 0 Å². The van der Waals surface area contributed by atoms with Crippen molar-refractivity contribution < 1.29 is 18.5 Å². The highest BCUT2D eigenvalue weighted by molar-refractivity contribution is 7.84. The predicted octanol–water partition coefficient (Wildman–Crippen LogP) is 6.67. The third-order valence-electron chi connectivity index (χ3n) is 8.01. The fourth-order valence-corrected chi connectivity index (χ4v) is 7.13. The molecule has 2 amide bonds. The Labute approximate surface area is 232 Å². The highest BCUT2D eigenvalue weighted by Crippen LogP contribution is 2.47. The molecule has 2 heterocycles. The summed E-state index contributed by atoms with van der Waals surface area (Å²) in [5, 5.41) is 1.24. The number of para-hydroxylation sites is 1. The molecule has 0 bridgehead atoms. The number of fused-ring (bicyclic) bond motifs is 5. The van der Waals surface area contributed by atoms with Gasteiger partial charge < -0.3 is 9.30 Å². The number of nitrogens with zero attached hydrogens (tertiary/aromatic N) is 2. The number of amides is 2. The van der Waals surface area contributed by atoms with Crippen molar-refractivity contribution in [2.45, 2.75) is 89.0 Å². The maximum Gasteiger partial charge on any atom is 0.414 e. The molecular formula is C31H37N3O4S. The zero-order valence-corrected chi connectivity index (χ0v) is 23.8. The van der Waals surface area contributed by atoms with Gasteiger partial charge >= 0.3 is 6.09 Å². The van der Waals surface area contributed by atoms with Crippen LogP contribution in [0.25, 0.3) is 22.2 Å². The first-order chi connectivity index (χ1) is 18.7. The molecule has 6 rings (SSSR count). The van der Waals surface area contributed by atoms with Gasteiger partial charge in [-0.1, -0.05) is 43.5 Å². The number of carbonyl (C=O) groups is 2. The molecule has 2 aromatic carbocycles. The molecular weight excluding hydrogens is 510 g/mol. The summed E-state index contributed by atoms with van der Waals surface area (Å²) in [4.78, 5) is 28.2. The van der Waals surface area contributed by atoms with E-state index in [1.807, 2.05) is 51.1 Å². The van der Waals surface area contributed by atoms with Gasteiger partial charge in [-0.15, -0.1) is 0 Å². The van der Waals surface area contributed by atoms with E-state index in [4.69, 9.17) is 4.74 Å². The second kappa shape index (κ2) is 10.1. The van der Waals surface area contributed by atoms with E-state index in [0.29, 0.717) is 24.6 Å². The Bertz CT molecular complexity index is 1460. The van der Waals surface area contributed by atoms with E-state index in [2.05, 4.69) is 21.4 Å². The van der Waals surface area contributed by atoms with Crippen molar-refractivity contribution in [2.75, 3.05) is 11.4 Å². The van der Waals surface area contributed by atoms with Crippen LogP contribution in [0, 0.1) is 0 Å². The van der Waals surface area contributed by atoms with Crippen molar-refractivity contribution in [2.24, 2.45) is 0 Å². The average Bonchev–Trinajstić information content (AvgIpc) is 3.73. The lowest BCUT2D eigenvalue weighted by atomic mass is 9.81. The summed E-state index contributed by atoms with van der Waals surface area (Å²) in [6.07, 6.45) is 7.38. The number of hydrogen-bond acceptors (Lipinski definition) is 4. The molecule has 7 nitrogen and oxygen atoms in total. The maximum absolute atomic E-state index is 13.4. The third kappa shape index (κ3) is 5.11. The Hall–Kier alpha value is -3.13. The van der Waals surface area contributed by atoms with Crippen molar-refractivity contribution in [3.63, 3.8) is 0 Å². The average molecular weight is 548 g/mol. The van der Waals surface area contributed by atoms with Crippen molar-refractivity contribution in [1.82, 2.24) is 9.29 Å². The molecule has 1 unspecified atom stereocenters. The van der Waals surface area contributed by atoms with Crippen LogP contribution in [0.1, 0.15) is 87.6 Å². The van der Waals surface area contributed by atoms with E-state index in [9.17, 15) is 13.8 Å². The van der Waals surface area contributed by atoms with Gasteiger partial charge in [-0.05, 0) is 76.1 Å². The number of hydrogen-bond donors (Lipinski definition) is 1. The molecule has 39 heavy (non-hydrogen) atoms. The SMILES string of the molecule is CC(C)(C)OC(=O)N1CCn2c(c(C3CCCCC3)c3ccc(C(=O)NS(=O)C4CC4)cc32)-c2ccccc21. The lowest BCUT2D eigenvalue weighted by Gasteiger charge is -2.28. The van der Waals surface area contributed by atoms with Gasteiger partial charge in [0.1, 0.15) is 16.6 Å². The molecule has 1 atom stereocenters. The smallest absolute Gasteiger partial charge is 0.414 e. The monoisotopic (exact) mass is 547 g/mol. The molecule has 1 aromatic heterocycles. The summed E-state index contributed by atoms with van der Waals surface area (Å²) in [6.45, 7) is 6.68. The topological polar surface area (TPSA) is 80.6 Å². The van der Waals surface area contributed by atoms with Crippen molar-refractivity contribution >= 4 is 39.6 Å². The van der Waals surface area contributed by atoms with Gasteiger partial charge in [-0.3, -0.25) is 14.4 Å². The Morgan fingerprint density at radius 3 is 2.44 bits per heavy atom. The van der Waals surface area contributed by atoms with Gasteiger partial charge in [0, 0.05) is 35.1 Å². The van der Waals surface area contributed by atoms with Gasteiger partial charge in [0.2, 0.25) is 0 Å². The molecule has 0 saturated heterocycles. The third-order valence-corrected chi connectivity index (χ3v) is 9.47. The molecule has 2 aliphatic carbocycles. The summed E-state index contributed by atoms with van der Waals surface area (Å²) in [5.74, 6) is 0.113. The number of rotatable bonds is 4. The van der Waals surface area contributed by atoms with Crippen LogP contribution >= 0.6 is 0 Å². The minimum absolute atomic E-state index is 0.0792. The molecule has 206 valence electrons. The van der Waals surface area contributed by atoms with Crippen LogP contribution in [0.4, 0.5) is 10.5 Å². The minimum Gasteiger partial charge on any atom is -0.443 e. The fraction of sp³-hybridized carbons (Fsp3) is 0.484. The van der Waals surface area contributed by atoms with E-state index >= 15 is 0 Å². The van der Waals surface area contributed by atoms with Gasteiger partial charge in [0.15, 0.2) is 0 Å². The normalized spacial score (nSPS) is 18.7. The van der Waals surface area contributed by atoms with Gasteiger partial charge in [0.25, 0.3) is 5.91 Å². The molecule has 2 fully saturated rings. The van der Waals surface area contributed by atoms with E-state index < -0.39 is 16.6 Å². The van der Waals surface area contributed by atoms with E-state index in [1.54, 1.807) is 4.90 Å². The summed E-state index contributed by atoms with van der Waals surface area (Å²) in [6, 6.07) is 14.0. The predicted molar refractivity (Wildman–Crippen MR) is 155 cm³/mol. The Kier molecular flexibility index (Phi) is 6.78. The van der Waals surface area contributed by atoms with Crippen LogP contribution in [-0.4, -0.2) is 38.2 Å². The quantitative estimate of drug-likeness (QED) is 0.396. The zero-order chi connectivity index (χ0) is 27.3. The molecule has 1 aliphatic heterocycles. The molecule has 0 radical (unpaired) electrons. The second-order valence-electron chi connectivity index (χ2n) is 12.1. The first-order valence-corrected chi connectivity index (χ1v) is 15.4. The lowest BCUT2D eigenvalue weighted by molar-refractivity contribution is 0.0579. The summed E-state index contributed by atoms with van der Waals surface area (Å²) < 4.78 is 23.2. The summed E-state index contributed by atoms with van der Waals surface area (Å²) >= 11 is 0. The molecule has 2 saturated carbocycles. The van der Waals surface area contributed by atoms with Gasteiger partial charge in [0.05, 0.1) is 16.6 Å². The number of benzene rings is 2. The molecule has 0 spiro atoms. The molecule has 3 aliphatic rings. The van der Waals surface area contributed by atoms with Crippen molar-refractivity contribution in [1.29, 1.82) is 0 Å². The summed E-state index contributed by atoms with van der Waals surface area (Å²) in [7, 11) is -1.34.